The molecule has 2 aliphatic rings. The number of benzene rings is 2. The molecule has 0 unspecified atom stereocenters. The van der Waals surface area contributed by atoms with Crippen molar-refractivity contribution in [2.24, 2.45) is 0 Å². The molecule has 0 radical (unpaired) electrons. The molecule has 20 heteroatoms. The van der Waals surface area contributed by atoms with Crippen LogP contribution < -0.4 is 0 Å². The Hall–Kier alpha value is -3.81. The number of hydrogen-bond donors (Lipinski definition) is 0. The first-order valence-electron chi connectivity index (χ1n) is 13.9. The Morgan fingerprint density at radius 2 is 1.43 bits per heavy atom. The van der Waals surface area contributed by atoms with Crippen LogP contribution in [0.3, 0.4) is 0 Å². The minimum atomic E-state index is -6.47. The molecule has 1 amide bonds. The number of halogens is 11. The fraction of sp³-hybridized carbons (Fsp3) is 0.379. The molecule has 0 bridgehead atoms. The number of hydrogen-bond acceptors (Lipinski definition) is 6. The molecule has 2 atom stereocenters. The molecule has 0 saturated carbocycles. The number of pyridine rings is 1. The van der Waals surface area contributed by atoms with Crippen LogP contribution in [0.5, 0.6) is 0 Å². The molecule has 1 aliphatic carbocycles. The van der Waals surface area contributed by atoms with Gasteiger partial charge < -0.3 is 4.90 Å². The van der Waals surface area contributed by atoms with Crippen molar-refractivity contribution < 1.29 is 69.9 Å². The highest BCUT2D eigenvalue weighted by molar-refractivity contribution is 7.92. The maximum absolute atomic E-state index is 15.0. The first-order valence-corrected chi connectivity index (χ1v) is 17.0. The summed E-state index contributed by atoms with van der Waals surface area (Å²) >= 11 is 0. The smallest absolute Gasteiger partial charge is 0.337 e. The molecular formula is C29H21F11N2O5S2. The van der Waals surface area contributed by atoms with Crippen molar-refractivity contribution in [2.75, 3.05) is 12.3 Å². The highest BCUT2D eigenvalue weighted by Gasteiger charge is 2.74. The van der Waals surface area contributed by atoms with Gasteiger partial charge in [0.2, 0.25) is 15.7 Å². The van der Waals surface area contributed by atoms with E-state index >= 15 is 0 Å². The summed E-state index contributed by atoms with van der Waals surface area (Å²) in [6.45, 7) is -0.515. The van der Waals surface area contributed by atoms with E-state index in [9.17, 15) is 69.9 Å². The molecular weight excluding hydrogens is 729 g/mol. The minimum absolute atomic E-state index is 0.134. The van der Waals surface area contributed by atoms with Crippen LogP contribution in [-0.2, 0) is 47.5 Å². The lowest BCUT2D eigenvalue weighted by atomic mass is 9.77. The number of aromatic nitrogens is 1. The highest BCUT2D eigenvalue weighted by Crippen LogP contribution is 2.56. The number of likely N-dealkylation sites (tertiary alicyclic amines) is 1. The number of sulfone groups is 2. The van der Waals surface area contributed by atoms with Gasteiger partial charge in [-0.05, 0) is 66.8 Å². The summed E-state index contributed by atoms with van der Waals surface area (Å²) in [6, 6.07) is 3.60. The van der Waals surface area contributed by atoms with Gasteiger partial charge in [-0.2, -0.15) is 39.5 Å². The first-order chi connectivity index (χ1) is 22.4. The summed E-state index contributed by atoms with van der Waals surface area (Å²) in [5.74, 6) is -3.51. The second kappa shape index (κ2) is 11.6. The lowest BCUT2D eigenvalue weighted by Crippen LogP contribution is -2.53. The fourth-order valence-electron chi connectivity index (χ4n) is 6.40. The number of carbonyl (C=O) groups excluding carboxylic acids is 1. The molecule has 1 fully saturated rings. The molecule has 2 heterocycles. The monoisotopic (exact) mass is 750 g/mol. The second-order valence-corrected chi connectivity index (χ2v) is 15.5. The van der Waals surface area contributed by atoms with Gasteiger partial charge in [0.25, 0.3) is 0 Å². The van der Waals surface area contributed by atoms with Crippen molar-refractivity contribution >= 4 is 25.6 Å². The Kier molecular flexibility index (Phi) is 8.66. The molecule has 1 aromatic heterocycles. The highest BCUT2D eigenvalue weighted by atomic mass is 32.2. The lowest BCUT2D eigenvalue weighted by molar-refractivity contribution is -0.348. The van der Waals surface area contributed by atoms with E-state index in [0.717, 1.165) is 29.2 Å². The fourth-order valence-corrected chi connectivity index (χ4v) is 9.90. The van der Waals surface area contributed by atoms with Gasteiger partial charge in [-0.25, -0.2) is 30.6 Å². The first kappa shape index (κ1) is 36.5. The quantitative estimate of drug-likeness (QED) is 0.219. The summed E-state index contributed by atoms with van der Waals surface area (Å²) in [6.07, 6.45) is -19.1. The van der Waals surface area contributed by atoms with Crippen LogP contribution in [0, 0.1) is 5.82 Å². The number of fused-ring (bicyclic) bond motifs is 3. The second-order valence-electron chi connectivity index (χ2n) is 11.4. The van der Waals surface area contributed by atoms with E-state index in [1.54, 1.807) is 0 Å². The van der Waals surface area contributed by atoms with E-state index in [2.05, 4.69) is 4.98 Å². The molecule has 7 nitrogen and oxygen atoms in total. The summed E-state index contributed by atoms with van der Waals surface area (Å²) in [7, 11) is -9.58. The van der Waals surface area contributed by atoms with Crippen molar-refractivity contribution in [2.45, 2.75) is 64.2 Å². The standard InChI is InChI=1S/C29H21F11N2O5S2/c30-19-4-6-20(7-5-19)49(46,47)25-11-12-42(24(43)15-48(44,45)23-10-3-18(14-41-23)27(32,33)34)22(25)9-1-16-13-17(2-8-21(16)25)26(31,28(35,36)37)29(38,39)40/h2-8,10,13-14,22H,1,9,11-12,15H2/t22-,25-/m0/s1. The number of amides is 1. The normalized spacial score (nSPS) is 20.6. The van der Waals surface area contributed by atoms with Crippen molar-refractivity contribution in [3.05, 3.63) is 88.9 Å². The van der Waals surface area contributed by atoms with Crippen LogP contribution >= 0.6 is 0 Å². The predicted octanol–water partition coefficient (Wildman–Crippen LogP) is 6.22. The van der Waals surface area contributed by atoms with Crippen LogP contribution in [0.2, 0.25) is 0 Å². The van der Waals surface area contributed by atoms with Gasteiger partial charge in [0, 0.05) is 18.3 Å². The Labute approximate surface area is 270 Å². The van der Waals surface area contributed by atoms with Gasteiger partial charge >= 0.3 is 24.2 Å². The topological polar surface area (TPSA) is 101 Å². The number of aryl methyl sites for hydroxylation is 1. The van der Waals surface area contributed by atoms with Gasteiger partial charge in [-0.3, -0.25) is 4.79 Å². The third-order valence-corrected chi connectivity index (χ3v) is 12.7. The zero-order valence-electron chi connectivity index (χ0n) is 24.3. The van der Waals surface area contributed by atoms with E-state index in [-0.39, 0.29) is 23.9 Å². The van der Waals surface area contributed by atoms with Gasteiger partial charge in [0.05, 0.1) is 16.5 Å². The van der Waals surface area contributed by atoms with Gasteiger partial charge in [-0.15, -0.1) is 0 Å². The maximum Gasteiger partial charge on any atom is 0.435 e. The van der Waals surface area contributed by atoms with Gasteiger partial charge in [0.15, 0.2) is 14.9 Å². The molecule has 5 rings (SSSR count). The Bertz CT molecular complexity index is 1980. The lowest BCUT2D eigenvalue weighted by Gasteiger charge is -2.43. The molecule has 0 spiro atoms. The van der Waals surface area contributed by atoms with Crippen LogP contribution in [0.1, 0.15) is 35.1 Å². The van der Waals surface area contributed by atoms with E-state index in [1.165, 1.54) is 0 Å². The predicted molar refractivity (Wildman–Crippen MR) is 146 cm³/mol. The molecule has 1 saturated heterocycles. The van der Waals surface area contributed by atoms with Crippen molar-refractivity contribution in [3.8, 4) is 0 Å². The molecule has 266 valence electrons. The molecule has 49 heavy (non-hydrogen) atoms. The Morgan fingerprint density at radius 3 is 1.96 bits per heavy atom. The van der Waals surface area contributed by atoms with Crippen molar-refractivity contribution in [3.63, 3.8) is 0 Å². The van der Waals surface area contributed by atoms with E-state index in [4.69, 9.17) is 0 Å². The van der Waals surface area contributed by atoms with E-state index < -0.39 is 125 Å². The molecule has 3 aromatic rings. The molecule has 2 aromatic carbocycles. The third-order valence-electron chi connectivity index (χ3n) is 8.69. The van der Waals surface area contributed by atoms with E-state index in [0.29, 0.717) is 18.2 Å². The summed E-state index contributed by atoms with van der Waals surface area (Å²) in [5.41, 5.74) is -9.81. The molecule has 1 aliphatic heterocycles. The number of rotatable bonds is 6. The van der Waals surface area contributed by atoms with Gasteiger partial charge in [0.1, 0.15) is 16.3 Å². The summed E-state index contributed by atoms with van der Waals surface area (Å²) < 4.78 is 201. The minimum Gasteiger partial charge on any atom is -0.337 e. The average molecular weight is 751 g/mol. The van der Waals surface area contributed by atoms with Crippen LogP contribution in [0.15, 0.2) is 70.7 Å². The van der Waals surface area contributed by atoms with Crippen molar-refractivity contribution in [1.29, 1.82) is 0 Å². The average Bonchev–Trinajstić information content (AvgIpc) is 3.41. The number of nitrogens with zero attached hydrogens (tertiary/aromatic N) is 2. The third kappa shape index (κ3) is 5.83. The summed E-state index contributed by atoms with van der Waals surface area (Å²) in [5, 5.41) is -0.913. The van der Waals surface area contributed by atoms with Crippen molar-refractivity contribution in [1.82, 2.24) is 9.88 Å². The maximum atomic E-state index is 15.0. The van der Waals surface area contributed by atoms with Crippen LogP contribution in [-0.4, -0.2) is 63.3 Å². The largest absolute Gasteiger partial charge is 0.435 e. The zero-order chi connectivity index (χ0) is 36.6. The van der Waals surface area contributed by atoms with Crippen LogP contribution in [0.25, 0.3) is 0 Å². The SMILES string of the molecule is O=C(CS(=O)(=O)c1ccc(C(F)(F)F)cn1)N1CC[C@]2(S(=O)(=O)c3ccc(F)cc3)c3ccc(C(F)(C(F)(F)F)C(F)(F)F)cc3CC[C@H]12. The number of carbonyl (C=O) groups is 1. The zero-order valence-corrected chi connectivity index (χ0v) is 25.9. The Morgan fingerprint density at radius 1 is 0.837 bits per heavy atom. The van der Waals surface area contributed by atoms with Gasteiger partial charge in [-0.1, -0.05) is 18.2 Å². The number of alkyl halides is 10. The van der Waals surface area contributed by atoms with E-state index in [1.807, 2.05) is 0 Å². The Balaban J connectivity index is 1.60. The molecule has 0 N–H and O–H groups in total. The summed E-state index contributed by atoms with van der Waals surface area (Å²) in [4.78, 5) is 17.0. The van der Waals surface area contributed by atoms with Crippen LogP contribution in [0.4, 0.5) is 48.3 Å².